The second kappa shape index (κ2) is 8.78. The smallest absolute Gasteiger partial charge is 0.315 e. The molecule has 3 N–H and O–H groups in total. The Morgan fingerprint density at radius 1 is 1.10 bits per heavy atom. The summed E-state index contributed by atoms with van der Waals surface area (Å²) in [7, 11) is 0. The van der Waals surface area contributed by atoms with Gasteiger partial charge in [0.1, 0.15) is 5.54 Å². The quantitative estimate of drug-likeness (QED) is 0.432. The number of benzene rings is 2. The van der Waals surface area contributed by atoms with Crippen molar-refractivity contribution in [2.75, 3.05) is 0 Å². The molecule has 0 saturated carbocycles. The van der Waals surface area contributed by atoms with Crippen LogP contribution in [0.25, 0.3) is 10.9 Å². The molecule has 162 valence electrons. The number of primary amides is 1. The Balaban J connectivity index is 1.94. The van der Waals surface area contributed by atoms with E-state index in [-0.39, 0.29) is 24.5 Å². The van der Waals surface area contributed by atoms with Crippen LogP contribution >= 0.6 is 0 Å². The van der Waals surface area contributed by atoms with Crippen molar-refractivity contribution < 1.29 is 14.3 Å². The van der Waals surface area contributed by atoms with Gasteiger partial charge in [0.05, 0.1) is 18.5 Å². The molecule has 6 heteroatoms. The highest BCUT2D eigenvalue weighted by atomic mass is 16.5. The molecular weight excluding hydrogens is 390 g/mol. The molecule has 0 radical (unpaired) electrons. The molecule has 0 fully saturated rings. The zero-order chi connectivity index (χ0) is 22.6. The average molecular weight is 420 g/mol. The largest absolute Gasteiger partial charge is 0.424 e. The standard InChI is InChI=1S/C25H29N3O3/c1-5-25(23(26)30,27-24(2,3)4)17-28-16-21(19-13-9-10-14-20(19)28)31-22(29)15-18-11-7-6-8-12-18/h5-14,16,27H,1,15,17H2,2-4H3,(H2,26,30). The normalized spacial score (nSPS) is 13.5. The number of fused-ring (bicyclic) bond motifs is 1. The lowest BCUT2D eigenvalue weighted by Gasteiger charge is -2.36. The van der Waals surface area contributed by atoms with Crippen LogP contribution in [0.5, 0.6) is 5.75 Å². The van der Waals surface area contributed by atoms with Gasteiger partial charge in [-0.2, -0.15) is 0 Å². The lowest BCUT2D eigenvalue weighted by Crippen LogP contribution is -2.62. The van der Waals surface area contributed by atoms with Crippen LogP contribution in [-0.4, -0.2) is 27.5 Å². The summed E-state index contributed by atoms with van der Waals surface area (Å²) in [5, 5.41) is 4.07. The van der Waals surface area contributed by atoms with Crippen LogP contribution in [0.3, 0.4) is 0 Å². The Hall–Kier alpha value is -3.38. The SMILES string of the molecule is C=CC(Cn1cc(OC(=O)Cc2ccccc2)c2ccccc21)(NC(C)(C)C)C(N)=O. The van der Waals surface area contributed by atoms with Crippen molar-refractivity contribution in [2.24, 2.45) is 5.73 Å². The fourth-order valence-electron chi connectivity index (χ4n) is 3.68. The third kappa shape index (κ3) is 5.22. The Labute approximate surface area is 182 Å². The minimum atomic E-state index is -1.18. The topological polar surface area (TPSA) is 86.3 Å². The number of hydrogen-bond acceptors (Lipinski definition) is 4. The van der Waals surface area contributed by atoms with Crippen LogP contribution in [0.4, 0.5) is 0 Å². The maximum atomic E-state index is 12.5. The first-order valence-electron chi connectivity index (χ1n) is 10.2. The van der Waals surface area contributed by atoms with E-state index in [4.69, 9.17) is 10.5 Å². The number of aromatic nitrogens is 1. The Bertz CT molecular complexity index is 1100. The molecule has 0 bridgehead atoms. The van der Waals surface area contributed by atoms with Gasteiger partial charge in [0, 0.05) is 17.1 Å². The minimum Gasteiger partial charge on any atom is -0.424 e. The maximum Gasteiger partial charge on any atom is 0.315 e. The van der Waals surface area contributed by atoms with Crippen LogP contribution in [0.2, 0.25) is 0 Å². The van der Waals surface area contributed by atoms with Gasteiger partial charge >= 0.3 is 5.97 Å². The summed E-state index contributed by atoms with van der Waals surface area (Å²) < 4.78 is 7.57. The molecule has 31 heavy (non-hydrogen) atoms. The van der Waals surface area contributed by atoms with Crippen LogP contribution in [0.15, 0.2) is 73.4 Å². The third-order valence-electron chi connectivity index (χ3n) is 4.97. The molecule has 0 aliphatic heterocycles. The number of nitrogens with two attached hydrogens (primary N) is 1. The molecular formula is C25H29N3O3. The first kappa shape index (κ1) is 22.3. The number of esters is 1. The first-order valence-corrected chi connectivity index (χ1v) is 10.2. The monoisotopic (exact) mass is 419 g/mol. The number of carbonyl (C=O) groups is 2. The molecule has 0 saturated heterocycles. The van der Waals surface area contributed by atoms with Gasteiger partial charge in [-0.05, 0) is 38.5 Å². The molecule has 0 aliphatic rings. The number of para-hydroxylation sites is 1. The van der Waals surface area contributed by atoms with Gasteiger partial charge in [-0.15, -0.1) is 6.58 Å². The highest BCUT2D eigenvalue weighted by molar-refractivity contribution is 5.91. The van der Waals surface area contributed by atoms with Crippen LogP contribution in [0, 0.1) is 0 Å². The molecule has 3 aromatic rings. The van der Waals surface area contributed by atoms with E-state index in [0.29, 0.717) is 5.75 Å². The molecule has 3 rings (SSSR count). The van der Waals surface area contributed by atoms with Crippen LogP contribution in [-0.2, 0) is 22.6 Å². The van der Waals surface area contributed by atoms with E-state index in [1.54, 1.807) is 6.20 Å². The molecule has 1 atom stereocenters. The molecule has 6 nitrogen and oxygen atoms in total. The van der Waals surface area contributed by atoms with Gasteiger partial charge in [-0.25, -0.2) is 0 Å². The summed E-state index contributed by atoms with van der Waals surface area (Å²) in [6.07, 6.45) is 3.44. The van der Waals surface area contributed by atoms with Gasteiger partial charge in [0.25, 0.3) is 0 Å². The number of hydrogen-bond donors (Lipinski definition) is 2. The van der Waals surface area contributed by atoms with E-state index in [1.165, 1.54) is 6.08 Å². The zero-order valence-corrected chi connectivity index (χ0v) is 18.2. The number of amides is 1. The van der Waals surface area contributed by atoms with E-state index >= 15 is 0 Å². The summed E-state index contributed by atoms with van der Waals surface area (Å²) in [4.78, 5) is 25.0. The van der Waals surface area contributed by atoms with E-state index in [9.17, 15) is 9.59 Å². The number of rotatable bonds is 8. The van der Waals surface area contributed by atoms with Crippen molar-refractivity contribution in [3.05, 3.63) is 79.0 Å². The molecule has 0 aliphatic carbocycles. The van der Waals surface area contributed by atoms with Gasteiger partial charge in [-0.1, -0.05) is 48.5 Å². The molecule has 0 spiro atoms. The van der Waals surface area contributed by atoms with Crippen molar-refractivity contribution in [3.63, 3.8) is 0 Å². The average Bonchev–Trinajstić information content (AvgIpc) is 3.04. The predicted octanol–water partition coefficient (Wildman–Crippen LogP) is 3.59. The van der Waals surface area contributed by atoms with E-state index < -0.39 is 11.4 Å². The molecule has 1 heterocycles. The Kier molecular flexibility index (Phi) is 6.32. The van der Waals surface area contributed by atoms with Crippen LogP contribution < -0.4 is 15.8 Å². The van der Waals surface area contributed by atoms with E-state index in [2.05, 4.69) is 11.9 Å². The number of nitrogens with zero attached hydrogens (tertiary/aromatic N) is 1. The minimum absolute atomic E-state index is 0.170. The van der Waals surface area contributed by atoms with Gasteiger partial charge < -0.3 is 15.0 Å². The summed E-state index contributed by atoms with van der Waals surface area (Å²) in [5.41, 5.74) is 5.94. The second-order valence-corrected chi connectivity index (χ2v) is 8.69. The predicted molar refractivity (Wildman–Crippen MR) is 123 cm³/mol. The fraction of sp³-hybridized carbons (Fsp3) is 0.280. The van der Waals surface area contributed by atoms with Crippen molar-refractivity contribution in [1.29, 1.82) is 0 Å². The lowest BCUT2D eigenvalue weighted by atomic mass is 9.93. The number of carbonyl (C=O) groups excluding carboxylic acids is 2. The van der Waals surface area contributed by atoms with E-state index in [0.717, 1.165) is 16.5 Å². The van der Waals surface area contributed by atoms with Crippen molar-refractivity contribution in [1.82, 2.24) is 9.88 Å². The lowest BCUT2D eigenvalue weighted by molar-refractivity contribution is -0.133. The number of ether oxygens (including phenoxy) is 1. The number of nitrogens with one attached hydrogen (secondary N) is 1. The summed E-state index contributed by atoms with van der Waals surface area (Å²) in [6, 6.07) is 17.0. The highest BCUT2D eigenvalue weighted by Gasteiger charge is 2.37. The first-order chi connectivity index (χ1) is 14.6. The molecule has 1 amide bonds. The van der Waals surface area contributed by atoms with Gasteiger partial charge in [0.2, 0.25) is 5.91 Å². The van der Waals surface area contributed by atoms with Gasteiger partial charge in [-0.3, -0.25) is 14.9 Å². The summed E-state index contributed by atoms with van der Waals surface area (Å²) in [6.45, 7) is 9.93. The fourth-order valence-corrected chi connectivity index (χ4v) is 3.68. The zero-order valence-electron chi connectivity index (χ0n) is 18.2. The van der Waals surface area contributed by atoms with Crippen molar-refractivity contribution >= 4 is 22.8 Å². The van der Waals surface area contributed by atoms with Crippen molar-refractivity contribution in [2.45, 2.75) is 44.8 Å². The molecule has 1 unspecified atom stereocenters. The third-order valence-corrected chi connectivity index (χ3v) is 4.97. The molecule has 1 aromatic heterocycles. The van der Waals surface area contributed by atoms with E-state index in [1.807, 2.05) is 79.9 Å². The maximum absolute atomic E-state index is 12.5. The Morgan fingerprint density at radius 2 is 1.74 bits per heavy atom. The second-order valence-electron chi connectivity index (χ2n) is 8.69. The Morgan fingerprint density at radius 3 is 2.35 bits per heavy atom. The van der Waals surface area contributed by atoms with Crippen molar-refractivity contribution in [3.8, 4) is 5.75 Å². The summed E-state index contributed by atoms with van der Waals surface area (Å²) >= 11 is 0. The van der Waals surface area contributed by atoms with Crippen LogP contribution in [0.1, 0.15) is 26.3 Å². The highest BCUT2D eigenvalue weighted by Crippen LogP contribution is 2.30. The summed E-state index contributed by atoms with van der Waals surface area (Å²) in [5.74, 6) is -0.445. The van der Waals surface area contributed by atoms with Gasteiger partial charge in [0.15, 0.2) is 5.75 Å². The molecule has 2 aromatic carbocycles.